The van der Waals surface area contributed by atoms with Gasteiger partial charge in [0.25, 0.3) is 0 Å². The van der Waals surface area contributed by atoms with E-state index in [1.54, 1.807) is 0 Å². The van der Waals surface area contributed by atoms with Gasteiger partial charge in [0.05, 0.1) is 11.4 Å². The minimum Gasteiger partial charge on any atom is -0.450 e. The van der Waals surface area contributed by atoms with Crippen LogP contribution in [0, 0.1) is 6.92 Å². The van der Waals surface area contributed by atoms with Crippen LogP contribution < -0.4 is 14.4 Å². The minimum atomic E-state index is 0.708. The molecule has 0 unspecified atom stereocenters. The molecule has 0 saturated heterocycles. The summed E-state index contributed by atoms with van der Waals surface area (Å²) >= 11 is 0. The molecule has 0 aromatic heterocycles. The molecule has 0 radical (unpaired) electrons. The summed E-state index contributed by atoms with van der Waals surface area (Å²) in [7, 11) is 0. The Morgan fingerprint density at radius 2 is 1.22 bits per heavy atom. The molecular formula is C29H21NO2. The number of anilines is 3. The fourth-order valence-electron chi connectivity index (χ4n) is 4.22. The van der Waals surface area contributed by atoms with Gasteiger partial charge in [-0.15, -0.1) is 0 Å². The first-order valence-corrected chi connectivity index (χ1v) is 10.7. The fourth-order valence-corrected chi connectivity index (χ4v) is 4.22. The van der Waals surface area contributed by atoms with Crippen LogP contribution in [0.25, 0.3) is 10.8 Å². The van der Waals surface area contributed by atoms with Crippen molar-refractivity contribution < 1.29 is 9.47 Å². The third-order valence-electron chi connectivity index (χ3n) is 5.75. The van der Waals surface area contributed by atoms with E-state index in [0.29, 0.717) is 5.75 Å². The van der Waals surface area contributed by atoms with Crippen LogP contribution in [0.5, 0.6) is 23.0 Å². The lowest BCUT2D eigenvalue weighted by atomic mass is 10.1. The Balaban J connectivity index is 1.51. The second kappa shape index (κ2) is 7.47. The van der Waals surface area contributed by atoms with Crippen molar-refractivity contribution in [2.45, 2.75) is 6.92 Å². The highest BCUT2D eigenvalue weighted by Gasteiger charge is 2.22. The number of ether oxygens (including phenoxy) is 2. The smallest absolute Gasteiger partial charge is 0.172 e. The number of para-hydroxylation sites is 1. The normalized spacial score (nSPS) is 11.8. The molecule has 32 heavy (non-hydrogen) atoms. The molecule has 6 rings (SSSR count). The van der Waals surface area contributed by atoms with Crippen LogP contribution in [0.2, 0.25) is 0 Å². The first kappa shape index (κ1) is 18.5. The van der Waals surface area contributed by atoms with Gasteiger partial charge in [-0.25, -0.2) is 0 Å². The molecule has 0 N–H and O–H groups in total. The minimum absolute atomic E-state index is 0.708. The zero-order valence-corrected chi connectivity index (χ0v) is 17.7. The van der Waals surface area contributed by atoms with Crippen molar-refractivity contribution in [3.8, 4) is 23.0 Å². The van der Waals surface area contributed by atoms with Crippen molar-refractivity contribution in [1.29, 1.82) is 0 Å². The van der Waals surface area contributed by atoms with Crippen LogP contribution in [0.15, 0.2) is 109 Å². The van der Waals surface area contributed by atoms with Gasteiger partial charge in [0.1, 0.15) is 0 Å². The molecule has 5 aromatic rings. The highest BCUT2D eigenvalue weighted by molar-refractivity contribution is 5.99. The largest absolute Gasteiger partial charge is 0.450 e. The summed E-state index contributed by atoms with van der Waals surface area (Å²) in [6.45, 7) is 2.05. The number of hydrogen-bond acceptors (Lipinski definition) is 3. The van der Waals surface area contributed by atoms with Crippen molar-refractivity contribution in [3.63, 3.8) is 0 Å². The average molecular weight is 415 g/mol. The summed E-state index contributed by atoms with van der Waals surface area (Å²) in [6.07, 6.45) is 0. The van der Waals surface area contributed by atoms with Gasteiger partial charge in [0.15, 0.2) is 23.0 Å². The summed E-state index contributed by atoms with van der Waals surface area (Å²) in [4.78, 5) is 2.26. The molecule has 1 aliphatic rings. The van der Waals surface area contributed by atoms with Crippen LogP contribution in [0.1, 0.15) is 5.56 Å². The standard InChI is InChI=1S/C29H21NO2/c1-20-14-16-26-28(18-20)31-27-17-15-23(19-29(27)32-26)30(22-10-3-2-4-11-22)25-13-7-9-21-8-5-6-12-24(21)25/h2-19H,1H3. The van der Waals surface area contributed by atoms with Crippen LogP contribution in [-0.2, 0) is 0 Å². The molecule has 0 saturated carbocycles. The number of benzene rings is 5. The van der Waals surface area contributed by atoms with Gasteiger partial charge < -0.3 is 14.4 Å². The Kier molecular flexibility index (Phi) is 4.32. The van der Waals surface area contributed by atoms with Gasteiger partial charge in [-0.1, -0.05) is 60.7 Å². The Morgan fingerprint density at radius 1 is 0.531 bits per heavy atom. The van der Waals surface area contributed by atoms with E-state index in [1.807, 2.05) is 43.3 Å². The van der Waals surface area contributed by atoms with Gasteiger partial charge in [0.2, 0.25) is 0 Å². The fraction of sp³-hybridized carbons (Fsp3) is 0.0345. The van der Waals surface area contributed by atoms with Gasteiger partial charge in [-0.05, 0) is 60.3 Å². The number of rotatable bonds is 3. The van der Waals surface area contributed by atoms with Crippen molar-refractivity contribution in [2.24, 2.45) is 0 Å². The quantitative estimate of drug-likeness (QED) is 0.289. The second-order valence-electron chi connectivity index (χ2n) is 7.95. The zero-order valence-electron chi connectivity index (χ0n) is 17.7. The maximum Gasteiger partial charge on any atom is 0.172 e. The Hall–Kier alpha value is -4.24. The first-order chi connectivity index (χ1) is 15.8. The summed E-state index contributed by atoms with van der Waals surface area (Å²) in [5.74, 6) is 2.91. The lowest BCUT2D eigenvalue weighted by molar-refractivity contribution is 0.359. The first-order valence-electron chi connectivity index (χ1n) is 10.7. The van der Waals surface area contributed by atoms with Crippen molar-refractivity contribution in [2.75, 3.05) is 4.90 Å². The van der Waals surface area contributed by atoms with Gasteiger partial charge in [-0.2, -0.15) is 0 Å². The number of hydrogen-bond donors (Lipinski definition) is 0. The van der Waals surface area contributed by atoms with E-state index in [0.717, 1.165) is 39.9 Å². The molecule has 1 heterocycles. The second-order valence-corrected chi connectivity index (χ2v) is 7.95. The Labute approximate surface area is 187 Å². The van der Waals surface area contributed by atoms with E-state index in [4.69, 9.17) is 9.47 Å². The van der Waals surface area contributed by atoms with Crippen molar-refractivity contribution in [3.05, 3.63) is 115 Å². The summed E-state index contributed by atoms with van der Waals surface area (Å²) in [6, 6.07) is 37.4. The van der Waals surface area contributed by atoms with Crippen molar-refractivity contribution >= 4 is 27.8 Å². The third-order valence-corrected chi connectivity index (χ3v) is 5.75. The zero-order chi connectivity index (χ0) is 21.5. The lowest BCUT2D eigenvalue weighted by Crippen LogP contribution is -2.11. The molecule has 0 amide bonds. The maximum atomic E-state index is 6.23. The van der Waals surface area contributed by atoms with E-state index in [9.17, 15) is 0 Å². The molecule has 0 aliphatic carbocycles. The van der Waals surface area contributed by atoms with Crippen LogP contribution >= 0.6 is 0 Å². The van der Waals surface area contributed by atoms with Gasteiger partial charge in [-0.3, -0.25) is 0 Å². The SMILES string of the molecule is Cc1ccc2c(c1)Oc1ccc(N(c3ccccc3)c3cccc4ccccc34)cc1O2. The molecule has 0 fully saturated rings. The number of aryl methyl sites for hydroxylation is 1. The highest BCUT2D eigenvalue weighted by Crippen LogP contribution is 2.48. The number of fused-ring (bicyclic) bond motifs is 3. The maximum absolute atomic E-state index is 6.23. The molecule has 0 atom stereocenters. The van der Waals surface area contributed by atoms with Crippen molar-refractivity contribution in [1.82, 2.24) is 0 Å². The van der Waals surface area contributed by atoms with Crippen LogP contribution in [0.3, 0.4) is 0 Å². The summed E-state index contributed by atoms with van der Waals surface area (Å²) in [5.41, 5.74) is 4.34. The predicted octanol–water partition coefficient (Wildman–Crippen LogP) is 8.52. The molecule has 0 spiro atoms. The third kappa shape index (κ3) is 3.15. The Morgan fingerprint density at radius 3 is 2.06 bits per heavy atom. The van der Waals surface area contributed by atoms with E-state index in [2.05, 4.69) is 77.7 Å². The van der Waals surface area contributed by atoms with E-state index >= 15 is 0 Å². The van der Waals surface area contributed by atoms with Gasteiger partial charge >= 0.3 is 0 Å². The monoisotopic (exact) mass is 415 g/mol. The molecule has 5 aromatic carbocycles. The molecular weight excluding hydrogens is 394 g/mol. The summed E-state index contributed by atoms with van der Waals surface area (Å²) in [5, 5.41) is 2.39. The molecule has 1 aliphatic heterocycles. The molecule has 3 nitrogen and oxygen atoms in total. The lowest BCUT2D eigenvalue weighted by Gasteiger charge is -2.28. The van der Waals surface area contributed by atoms with E-state index in [1.165, 1.54) is 10.8 Å². The average Bonchev–Trinajstić information content (AvgIpc) is 2.84. The van der Waals surface area contributed by atoms with Crippen LogP contribution in [0.4, 0.5) is 17.1 Å². The number of nitrogens with zero attached hydrogens (tertiary/aromatic N) is 1. The highest BCUT2D eigenvalue weighted by atomic mass is 16.6. The van der Waals surface area contributed by atoms with Gasteiger partial charge in [0, 0.05) is 17.1 Å². The molecule has 154 valence electrons. The topological polar surface area (TPSA) is 21.7 Å². The van der Waals surface area contributed by atoms with E-state index in [-0.39, 0.29) is 0 Å². The Bertz CT molecular complexity index is 1440. The molecule has 0 bridgehead atoms. The van der Waals surface area contributed by atoms with E-state index < -0.39 is 0 Å². The predicted molar refractivity (Wildman–Crippen MR) is 130 cm³/mol. The molecule has 3 heteroatoms. The van der Waals surface area contributed by atoms with Crippen LogP contribution in [-0.4, -0.2) is 0 Å². The summed E-state index contributed by atoms with van der Waals surface area (Å²) < 4.78 is 12.4.